The van der Waals surface area contributed by atoms with Gasteiger partial charge in [-0.05, 0) is 33.0 Å². The highest BCUT2D eigenvalue weighted by Crippen LogP contribution is 1.95. The largest absolute Gasteiger partial charge is 0.399 e. The normalized spacial score (nSPS) is 14.4. The lowest BCUT2D eigenvalue weighted by Gasteiger charge is -2.16. The Labute approximate surface area is 104 Å². The van der Waals surface area contributed by atoms with Gasteiger partial charge in [-0.2, -0.15) is 8.42 Å². The molecule has 0 saturated heterocycles. The van der Waals surface area contributed by atoms with E-state index in [1.165, 1.54) is 0 Å². The molecule has 0 unspecified atom stereocenters. The van der Waals surface area contributed by atoms with E-state index in [1.54, 1.807) is 13.8 Å². The molecule has 0 N–H and O–H groups in total. The van der Waals surface area contributed by atoms with Crippen molar-refractivity contribution >= 4 is 10.4 Å². The van der Waals surface area contributed by atoms with Gasteiger partial charge in [0.2, 0.25) is 0 Å². The molecule has 1 aliphatic heterocycles. The number of hydrogen-bond acceptors (Lipinski definition) is 5. The van der Waals surface area contributed by atoms with Gasteiger partial charge in [-0.25, -0.2) is 8.37 Å². The van der Waals surface area contributed by atoms with Crippen molar-refractivity contribution in [2.24, 2.45) is 0 Å². The zero-order chi connectivity index (χ0) is 13.1. The maximum atomic E-state index is 10.4. The van der Waals surface area contributed by atoms with Crippen LogP contribution in [0.15, 0.2) is 24.4 Å². The molecule has 0 aliphatic carbocycles. The Bertz CT molecular complexity index is 323. The van der Waals surface area contributed by atoms with E-state index in [0.29, 0.717) is 0 Å². The summed E-state index contributed by atoms with van der Waals surface area (Å²) in [5.41, 5.74) is 0. The summed E-state index contributed by atoms with van der Waals surface area (Å²) in [5.74, 6) is 0. The van der Waals surface area contributed by atoms with Crippen molar-refractivity contribution in [3.8, 4) is 0 Å². The molecule has 1 heterocycles. The maximum Gasteiger partial charge on any atom is 0.399 e. The molecule has 0 aromatic carbocycles. The first-order valence-electron chi connectivity index (χ1n) is 5.66. The topological polar surface area (TPSA) is 55.8 Å². The summed E-state index contributed by atoms with van der Waals surface area (Å²) in [5, 5.41) is 0. The Morgan fingerprint density at radius 2 is 1.71 bits per heavy atom. The molecule has 0 aromatic rings. The molecule has 100 valence electrons. The molecule has 0 atom stereocenters. The minimum Gasteiger partial charge on any atom is -0.374 e. The first-order chi connectivity index (χ1) is 8.05. The van der Waals surface area contributed by atoms with Crippen LogP contribution in [0.2, 0.25) is 0 Å². The molecular formula is C11H21NO4S. The molecule has 0 saturated carbocycles. The Kier molecular flexibility index (Phi) is 8.75. The molecule has 1 aliphatic rings. The summed E-state index contributed by atoms with van der Waals surface area (Å²) < 4.78 is 29.2. The second kappa shape index (κ2) is 9.21. The van der Waals surface area contributed by atoms with E-state index >= 15 is 0 Å². The third kappa shape index (κ3) is 8.91. The number of allylic oxidation sites excluding steroid dienone is 2. The second-order valence-corrected chi connectivity index (χ2v) is 4.37. The van der Waals surface area contributed by atoms with Gasteiger partial charge in [0, 0.05) is 13.1 Å². The number of nitrogens with zero attached hydrogens (tertiary/aromatic N) is 1. The first kappa shape index (κ1) is 16.1. The average molecular weight is 263 g/mol. The second-order valence-electron chi connectivity index (χ2n) is 3.08. The van der Waals surface area contributed by atoms with E-state index in [1.807, 2.05) is 0 Å². The summed E-state index contributed by atoms with van der Waals surface area (Å²) in [6.45, 7) is 7.73. The van der Waals surface area contributed by atoms with E-state index in [2.05, 4.69) is 44.6 Å². The highest BCUT2D eigenvalue weighted by Gasteiger charge is 2.06. The van der Waals surface area contributed by atoms with Crippen LogP contribution in [0.25, 0.3) is 0 Å². The molecule has 0 aromatic heterocycles. The van der Waals surface area contributed by atoms with Gasteiger partial charge in [0.15, 0.2) is 0 Å². The molecule has 17 heavy (non-hydrogen) atoms. The monoisotopic (exact) mass is 263 g/mol. The van der Waals surface area contributed by atoms with E-state index in [4.69, 9.17) is 0 Å². The van der Waals surface area contributed by atoms with Crippen molar-refractivity contribution in [1.29, 1.82) is 0 Å². The minimum absolute atomic E-state index is 0.113. The minimum atomic E-state index is -3.68. The van der Waals surface area contributed by atoms with Gasteiger partial charge >= 0.3 is 10.4 Å². The summed E-state index contributed by atoms with van der Waals surface area (Å²) in [7, 11) is -3.68. The predicted molar refractivity (Wildman–Crippen MR) is 67.7 cm³/mol. The van der Waals surface area contributed by atoms with Crippen molar-refractivity contribution in [3.05, 3.63) is 24.4 Å². The summed E-state index contributed by atoms with van der Waals surface area (Å²) in [6, 6.07) is 0. The Balaban J connectivity index is 0.000000302. The fourth-order valence-corrected chi connectivity index (χ4v) is 1.71. The van der Waals surface area contributed by atoms with E-state index in [0.717, 1.165) is 13.1 Å². The number of hydrogen-bond donors (Lipinski definition) is 0. The van der Waals surface area contributed by atoms with Crippen molar-refractivity contribution in [2.75, 3.05) is 26.3 Å². The lowest BCUT2D eigenvalue weighted by atomic mass is 10.3. The molecular weight excluding hydrogens is 242 g/mol. The van der Waals surface area contributed by atoms with Crippen LogP contribution in [0.4, 0.5) is 0 Å². The lowest BCUT2D eigenvalue weighted by molar-refractivity contribution is 0.231. The van der Waals surface area contributed by atoms with Crippen LogP contribution in [0.1, 0.15) is 20.8 Å². The summed E-state index contributed by atoms with van der Waals surface area (Å²) in [6.07, 6.45) is 8.41. The van der Waals surface area contributed by atoms with Gasteiger partial charge in [0.1, 0.15) is 0 Å². The van der Waals surface area contributed by atoms with Gasteiger partial charge in [0.25, 0.3) is 0 Å². The van der Waals surface area contributed by atoms with Crippen molar-refractivity contribution in [1.82, 2.24) is 4.90 Å². The molecule has 0 amide bonds. The average Bonchev–Trinajstić information content (AvgIpc) is 2.31. The lowest BCUT2D eigenvalue weighted by Crippen LogP contribution is -2.17. The third-order valence-corrected chi connectivity index (χ3v) is 2.86. The Hall–Kier alpha value is -0.850. The molecule has 0 spiro atoms. The van der Waals surface area contributed by atoms with Crippen LogP contribution in [0.5, 0.6) is 0 Å². The molecule has 6 heteroatoms. The van der Waals surface area contributed by atoms with Crippen molar-refractivity contribution in [2.45, 2.75) is 20.8 Å². The highest BCUT2D eigenvalue weighted by atomic mass is 32.3. The summed E-state index contributed by atoms with van der Waals surface area (Å²) >= 11 is 0. The van der Waals surface area contributed by atoms with Crippen LogP contribution < -0.4 is 0 Å². The van der Waals surface area contributed by atoms with Gasteiger partial charge in [0.05, 0.1) is 13.2 Å². The number of rotatable bonds is 5. The fourth-order valence-electron chi connectivity index (χ4n) is 1.06. The third-order valence-electron chi connectivity index (χ3n) is 1.81. The predicted octanol–water partition coefficient (Wildman–Crippen LogP) is 1.70. The highest BCUT2D eigenvalue weighted by molar-refractivity contribution is 7.81. The van der Waals surface area contributed by atoms with Gasteiger partial charge < -0.3 is 4.90 Å². The van der Waals surface area contributed by atoms with Crippen LogP contribution in [0, 0.1) is 0 Å². The zero-order valence-electron chi connectivity index (χ0n) is 10.6. The fraction of sp³-hybridized carbons (Fsp3) is 0.636. The van der Waals surface area contributed by atoms with Gasteiger partial charge in [-0.1, -0.05) is 12.2 Å². The van der Waals surface area contributed by atoms with Crippen LogP contribution in [-0.2, 0) is 18.8 Å². The zero-order valence-corrected chi connectivity index (χ0v) is 11.4. The van der Waals surface area contributed by atoms with E-state index in [9.17, 15) is 8.42 Å². The number of likely N-dealkylation sites (N-methyl/N-ethyl adjacent to an activating group) is 1. The SMILES string of the molecule is CCN1C=CC=CC1.CCOS(=O)(=O)OCC. The Morgan fingerprint density at radius 1 is 1.12 bits per heavy atom. The quantitative estimate of drug-likeness (QED) is 0.755. The van der Waals surface area contributed by atoms with Crippen molar-refractivity contribution < 1.29 is 16.8 Å². The van der Waals surface area contributed by atoms with Crippen LogP contribution >= 0.6 is 0 Å². The molecule has 1 rings (SSSR count). The van der Waals surface area contributed by atoms with Gasteiger partial charge in [-0.3, -0.25) is 0 Å². The van der Waals surface area contributed by atoms with Crippen LogP contribution in [0.3, 0.4) is 0 Å². The molecule has 5 nitrogen and oxygen atoms in total. The first-order valence-corrected chi connectivity index (χ1v) is 7.00. The van der Waals surface area contributed by atoms with Crippen molar-refractivity contribution in [3.63, 3.8) is 0 Å². The van der Waals surface area contributed by atoms with Gasteiger partial charge in [-0.15, -0.1) is 0 Å². The molecule has 0 bridgehead atoms. The van der Waals surface area contributed by atoms with E-state index < -0.39 is 10.4 Å². The standard InChI is InChI=1S/C7H11N.C4H10O4S/c1-2-8-6-4-3-5-7-8;1-3-7-9(5,6)8-4-2/h3-6H,2,7H2,1H3;3-4H2,1-2H3. The maximum absolute atomic E-state index is 10.4. The molecule has 0 fully saturated rings. The summed E-state index contributed by atoms with van der Waals surface area (Å²) in [4.78, 5) is 2.25. The Morgan fingerprint density at radius 3 is 2.00 bits per heavy atom. The van der Waals surface area contributed by atoms with Crippen LogP contribution in [-0.4, -0.2) is 39.6 Å². The smallest absolute Gasteiger partial charge is 0.374 e. The molecule has 0 radical (unpaired) electrons. The van der Waals surface area contributed by atoms with E-state index in [-0.39, 0.29) is 13.2 Å².